The molecular formula is C19H17N5O2. The number of aldehydes is 1. The summed E-state index contributed by atoms with van der Waals surface area (Å²) in [6.07, 6.45) is 4.45. The first-order valence-electron chi connectivity index (χ1n) is 8.14. The van der Waals surface area contributed by atoms with Crippen molar-refractivity contribution in [3.8, 4) is 22.9 Å². The van der Waals surface area contributed by atoms with Crippen molar-refractivity contribution < 1.29 is 9.53 Å². The summed E-state index contributed by atoms with van der Waals surface area (Å²) in [7, 11) is 1.87. The van der Waals surface area contributed by atoms with Crippen LogP contribution in [0.5, 0.6) is 11.5 Å². The third-order valence-electron chi connectivity index (χ3n) is 4.16. The van der Waals surface area contributed by atoms with Gasteiger partial charge in [-0.2, -0.15) is 5.10 Å². The van der Waals surface area contributed by atoms with Gasteiger partial charge in [-0.1, -0.05) is 0 Å². The molecule has 0 saturated carbocycles. The molecule has 130 valence electrons. The third kappa shape index (κ3) is 2.73. The normalized spacial score (nSPS) is 11.0. The number of nitrogens with one attached hydrogen (secondary N) is 1. The molecule has 4 aromatic rings. The maximum atomic E-state index is 10.8. The Bertz CT molecular complexity index is 1110. The number of H-pyrrole nitrogens is 1. The van der Waals surface area contributed by atoms with Gasteiger partial charge in [0.05, 0.1) is 11.3 Å². The maximum absolute atomic E-state index is 10.8. The molecule has 7 nitrogen and oxygen atoms in total. The van der Waals surface area contributed by atoms with Crippen LogP contribution in [0.15, 0.2) is 36.7 Å². The second kappa shape index (κ2) is 6.11. The minimum absolute atomic E-state index is 0.577. The van der Waals surface area contributed by atoms with Crippen molar-refractivity contribution in [1.29, 1.82) is 0 Å². The number of ether oxygens (including phenoxy) is 1. The topological polar surface area (TPSA) is 85.7 Å². The van der Waals surface area contributed by atoms with Gasteiger partial charge in [0.25, 0.3) is 0 Å². The smallest absolute Gasteiger partial charge is 0.181 e. The van der Waals surface area contributed by atoms with Gasteiger partial charge in [-0.25, -0.2) is 9.97 Å². The summed E-state index contributed by atoms with van der Waals surface area (Å²) in [5.74, 6) is 2.00. The highest BCUT2D eigenvalue weighted by atomic mass is 16.5. The average Bonchev–Trinajstić information content (AvgIpc) is 3.20. The van der Waals surface area contributed by atoms with Gasteiger partial charge in [0.1, 0.15) is 23.4 Å². The molecule has 3 heterocycles. The predicted octanol–water partition coefficient (Wildman–Crippen LogP) is 3.58. The molecule has 0 radical (unpaired) electrons. The predicted molar refractivity (Wildman–Crippen MR) is 97.5 cm³/mol. The van der Waals surface area contributed by atoms with Gasteiger partial charge in [-0.3, -0.25) is 9.48 Å². The van der Waals surface area contributed by atoms with Crippen LogP contribution < -0.4 is 4.74 Å². The molecule has 0 spiro atoms. The molecule has 4 rings (SSSR count). The summed E-state index contributed by atoms with van der Waals surface area (Å²) in [5.41, 5.74) is 4.59. The fourth-order valence-corrected chi connectivity index (χ4v) is 2.85. The molecule has 0 bridgehead atoms. The van der Waals surface area contributed by atoms with Crippen LogP contribution in [-0.2, 0) is 7.05 Å². The quantitative estimate of drug-likeness (QED) is 0.570. The second-order valence-electron chi connectivity index (χ2n) is 6.15. The summed E-state index contributed by atoms with van der Waals surface area (Å²) >= 11 is 0. The minimum atomic E-state index is 0.577. The highest BCUT2D eigenvalue weighted by Gasteiger charge is 2.16. The van der Waals surface area contributed by atoms with Gasteiger partial charge in [0, 0.05) is 30.6 Å². The summed E-state index contributed by atoms with van der Waals surface area (Å²) < 4.78 is 7.81. The number of pyridine rings is 1. The number of nitrogens with zero attached hydrogens (tertiary/aromatic N) is 4. The zero-order valence-corrected chi connectivity index (χ0v) is 14.6. The number of aromatic nitrogens is 5. The van der Waals surface area contributed by atoms with E-state index in [0.717, 1.165) is 28.6 Å². The highest BCUT2D eigenvalue weighted by Crippen LogP contribution is 2.33. The Morgan fingerprint density at radius 3 is 2.62 bits per heavy atom. The average molecular weight is 347 g/mol. The lowest BCUT2D eigenvalue weighted by molar-refractivity contribution is 0.112. The first-order valence-corrected chi connectivity index (χ1v) is 8.14. The molecule has 0 aliphatic heterocycles. The van der Waals surface area contributed by atoms with Crippen LogP contribution in [0.2, 0.25) is 0 Å². The number of hydrogen-bond donors (Lipinski definition) is 1. The van der Waals surface area contributed by atoms with Gasteiger partial charge < -0.3 is 9.72 Å². The van der Waals surface area contributed by atoms with Crippen molar-refractivity contribution in [3.63, 3.8) is 0 Å². The van der Waals surface area contributed by atoms with Crippen molar-refractivity contribution in [2.45, 2.75) is 13.8 Å². The van der Waals surface area contributed by atoms with E-state index in [2.05, 4.69) is 20.1 Å². The maximum Gasteiger partial charge on any atom is 0.181 e. The summed E-state index contributed by atoms with van der Waals surface area (Å²) in [6, 6.07) is 6.96. The van der Waals surface area contributed by atoms with Crippen LogP contribution in [0.1, 0.15) is 21.6 Å². The number of carbonyl (C=O) groups is 1. The molecule has 1 aromatic carbocycles. The largest absolute Gasteiger partial charge is 0.455 e. The van der Waals surface area contributed by atoms with Crippen LogP contribution in [0.4, 0.5) is 0 Å². The molecule has 0 unspecified atom stereocenters. The number of aromatic amines is 1. The Balaban J connectivity index is 1.79. The minimum Gasteiger partial charge on any atom is -0.455 e. The SMILES string of the molecule is Cc1cnc2nc(-c3cn(C)nc3C)[nH]c2c1Oc1ccc(C=O)cc1. The van der Waals surface area contributed by atoms with Crippen molar-refractivity contribution in [3.05, 3.63) is 53.5 Å². The molecule has 3 aromatic heterocycles. The Morgan fingerprint density at radius 1 is 1.19 bits per heavy atom. The number of hydrogen-bond acceptors (Lipinski definition) is 5. The van der Waals surface area contributed by atoms with E-state index >= 15 is 0 Å². The molecule has 0 amide bonds. The molecule has 0 saturated heterocycles. The van der Waals surface area contributed by atoms with E-state index in [0.29, 0.717) is 28.5 Å². The van der Waals surface area contributed by atoms with Crippen LogP contribution in [0.3, 0.4) is 0 Å². The fraction of sp³-hybridized carbons (Fsp3) is 0.158. The van der Waals surface area contributed by atoms with Crippen molar-refractivity contribution in [2.75, 3.05) is 0 Å². The lowest BCUT2D eigenvalue weighted by Crippen LogP contribution is -1.91. The van der Waals surface area contributed by atoms with E-state index in [-0.39, 0.29) is 0 Å². The molecular weight excluding hydrogens is 330 g/mol. The monoisotopic (exact) mass is 347 g/mol. The van der Waals surface area contributed by atoms with E-state index < -0.39 is 0 Å². The molecule has 26 heavy (non-hydrogen) atoms. The van der Waals surface area contributed by atoms with Gasteiger partial charge in [-0.15, -0.1) is 0 Å². The molecule has 0 aliphatic rings. The summed E-state index contributed by atoms with van der Waals surface area (Å²) in [5, 5.41) is 4.36. The Kier molecular flexibility index (Phi) is 3.76. The highest BCUT2D eigenvalue weighted by molar-refractivity contribution is 5.83. The number of fused-ring (bicyclic) bond motifs is 1. The van der Waals surface area contributed by atoms with E-state index in [9.17, 15) is 4.79 Å². The van der Waals surface area contributed by atoms with Crippen molar-refractivity contribution >= 4 is 17.5 Å². The molecule has 0 atom stereocenters. The lowest BCUT2D eigenvalue weighted by Gasteiger charge is -2.09. The molecule has 0 aliphatic carbocycles. The van der Waals surface area contributed by atoms with E-state index in [1.807, 2.05) is 27.1 Å². The third-order valence-corrected chi connectivity index (χ3v) is 4.16. The first kappa shape index (κ1) is 16.0. The molecule has 1 N–H and O–H groups in total. The number of imidazole rings is 1. The van der Waals surface area contributed by atoms with E-state index in [4.69, 9.17) is 4.74 Å². The van der Waals surface area contributed by atoms with E-state index in [1.165, 1.54) is 0 Å². The van der Waals surface area contributed by atoms with Gasteiger partial charge in [0.2, 0.25) is 0 Å². The molecule has 7 heteroatoms. The fourth-order valence-electron chi connectivity index (χ4n) is 2.85. The Morgan fingerprint density at radius 2 is 1.96 bits per heavy atom. The van der Waals surface area contributed by atoms with Gasteiger partial charge >= 0.3 is 0 Å². The van der Waals surface area contributed by atoms with Crippen LogP contribution in [0, 0.1) is 13.8 Å². The van der Waals surface area contributed by atoms with Crippen molar-refractivity contribution in [1.82, 2.24) is 24.7 Å². The molecule has 0 fully saturated rings. The second-order valence-corrected chi connectivity index (χ2v) is 6.15. The summed E-state index contributed by atoms with van der Waals surface area (Å²) in [4.78, 5) is 23.1. The summed E-state index contributed by atoms with van der Waals surface area (Å²) in [6.45, 7) is 3.87. The standard InChI is InChI=1S/C19H17N5O2/c1-11-8-20-19-16(17(11)26-14-6-4-13(10-25)5-7-14)21-18(22-19)15-9-24(3)23-12(15)2/h4-10H,1-3H3,(H,20,21,22). The van der Waals surface area contributed by atoms with E-state index in [1.54, 1.807) is 35.1 Å². The van der Waals surface area contributed by atoms with Crippen molar-refractivity contribution in [2.24, 2.45) is 7.05 Å². The Labute approximate surface area is 149 Å². The first-order chi connectivity index (χ1) is 12.5. The van der Waals surface area contributed by atoms with Crippen LogP contribution in [-0.4, -0.2) is 31.0 Å². The number of benzene rings is 1. The number of rotatable bonds is 4. The zero-order chi connectivity index (χ0) is 18.3. The van der Waals surface area contributed by atoms with Crippen LogP contribution in [0.25, 0.3) is 22.6 Å². The van der Waals surface area contributed by atoms with Gasteiger partial charge in [0.15, 0.2) is 11.4 Å². The number of aryl methyl sites for hydroxylation is 3. The van der Waals surface area contributed by atoms with Gasteiger partial charge in [-0.05, 0) is 38.1 Å². The Hall–Kier alpha value is -3.48. The lowest BCUT2D eigenvalue weighted by atomic mass is 10.2. The van der Waals surface area contributed by atoms with Crippen LogP contribution >= 0.6 is 0 Å². The zero-order valence-electron chi connectivity index (χ0n) is 14.6. The number of carbonyl (C=O) groups excluding carboxylic acids is 1.